The lowest BCUT2D eigenvalue weighted by Crippen LogP contribution is -2.33. The van der Waals surface area contributed by atoms with E-state index in [1.54, 1.807) is 0 Å². The molecule has 9 heteroatoms. The Balaban J connectivity index is 1.08. The number of fused-ring (bicyclic) bond motifs is 2. The van der Waals surface area contributed by atoms with Crippen molar-refractivity contribution in [1.82, 2.24) is 9.97 Å². The standard InChI is InChI=1S/C39H40N4O4S/c1-25-22-28(47-24-26-10-5-3-2-4-6-11-26)16-17-29(25)30-18-19-35(41-36(30)38(45)46)43-21-20-27-12-9-13-31(32(27)23-43)37(44)42-39-40-33-14-7-8-15-34(33)48-39/h7-9,12-19,22,26H,2-6,10-11,20-21,23-24H2,1H3,(H,45,46)(H,40,42,44). The van der Waals surface area contributed by atoms with Crippen LogP contribution in [0.2, 0.25) is 0 Å². The molecule has 7 rings (SSSR count). The number of benzene rings is 3. The van der Waals surface area contributed by atoms with E-state index in [2.05, 4.69) is 15.3 Å². The number of aromatic carboxylic acids is 1. The van der Waals surface area contributed by atoms with Crippen LogP contribution in [0.5, 0.6) is 5.75 Å². The van der Waals surface area contributed by atoms with E-state index in [0.29, 0.717) is 47.5 Å². The summed E-state index contributed by atoms with van der Waals surface area (Å²) in [4.78, 5) is 37.3. The molecule has 0 bridgehead atoms. The van der Waals surface area contributed by atoms with Crippen molar-refractivity contribution >= 4 is 44.4 Å². The maximum atomic E-state index is 13.5. The van der Waals surface area contributed by atoms with Gasteiger partial charge < -0.3 is 14.7 Å². The number of nitrogens with one attached hydrogen (secondary N) is 1. The van der Waals surface area contributed by atoms with Gasteiger partial charge in [-0.15, -0.1) is 0 Å². The number of aryl methyl sites for hydroxylation is 1. The van der Waals surface area contributed by atoms with Crippen molar-refractivity contribution in [3.63, 3.8) is 0 Å². The second kappa shape index (κ2) is 14.2. The number of hydrogen-bond acceptors (Lipinski definition) is 7. The number of para-hydroxylation sites is 1. The first-order valence-corrected chi connectivity index (χ1v) is 17.8. The van der Waals surface area contributed by atoms with E-state index >= 15 is 0 Å². The largest absolute Gasteiger partial charge is 0.493 e. The molecule has 0 atom stereocenters. The maximum Gasteiger partial charge on any atom is 0.355 e. The fourth-order valence-electron chi connectivity index (χ4n) is 7.03. The molecule has 1 amide bonds. The highest BCUT2D eigenvalue weighted by molar-refractivity contribution is 7.22. The van der Waals surface area contributed by atoms with Crippen molar-refractivity contribution in [2.75, 3.05) is 23.4 Å². The molecular weight excluding hydrogens is 621 g/mol. The Morgan fingerprint density at radius 1 is 0.938 bits per heavy atom. The second-order valence-electron chi connectivity index (χ2n) is 12.9. The number of thiazole rings is 1. The number of anilines is 2. The van der Waals surface area contributed by atoms with Crippen LogP contribution in [0.25, 0.3) is 21.3 Å². The molecule has 1 aliphatic heterocycles. The number of rotatable bonds is 8. The van der Waals surface area contributed by atoms with Gasteiger partial charge >= 0.3 is 5.97 Å². The fourth-order valence-corrected chi connectivity index (χ4v) is 7.90. The third kappa shape index (κ3) is 6.92. The van der Waals surface area contributed by atoms with Crippen LogP contribution in [0.3, 0.4) is 0 Å². The third-order valence-electron chi connectivity index (χ3n) is 9.64. The number of carboxylic acid groups (broad SMARTS) is 1. The molecule has 1 aliphatic carbocycles. The lowest BCUT2D eigenvalue weighted by atomic mass is 9.92. The maximum absolute atomic E-state index is 13.5. The van der Waals surface area contributed by atoms with Gasteiger partial charge in [-0.1, -0.05) is 73.8 Å². The number of carboxylic acids is 1. The summed E-state index contributed by atoms with van der Waals surface area (Å²) in [7, 11) is 0. The molecule has 1 saturated carbocycles. The predicted molar refractivity (Wildman–Crippen MR) is 191 cm³/mol. The zero-order valence-corrected chi connectivity index (χ0v) is 28.0. The van der Waals surface area contributed by atoms with Crippen LogP contribution in [0, 0.1) is 12.8 Å². The van der Waals surface area contributed by atoms with Crippen molar-refractivity contribution in [3.8, 4) is 16.9 Å². The lowest BCUT2D eigenvalue weighted by molar-refractivity contribution is 0.0691. The lowest BCUT2D eigenvalue weighted by Gasteiger charge is -2.31. The molecule has 2 aromatic heterocycles. The first-order valence-electron chi connectivity index (χ1n) is 16.9. The minimum absolute atomic E-state index is 0.00597. The molecular formula is C39H40N4O4S. The Morgan fingerprint density at radius 3 is 2.52 bits per heavy atom. The number of carbonyl (C=O) groups is 2. The molecule has 2 aliphatic rings. The number of nitrogens with zero attached hydrogens (tertiary/aromatic N) is 3. The van der Waals surface area contributed by atoms with Crippen molar-refractivity contribution in [2.45, 2.75) is 64.8 Å². The zero-order valence-electron chi connectivity index (χ0n) is 27.2. The van der Waals surface area contributed by atoms with Gasteiger partial charge in [-0.25, -0.2) is 14.8 Å². The van der Waals surface area contributed by atoms with Crippen molar-refractivity contribution in [3.05, 3.63) is 101 Å². The zero-order chi connectivity index (χ0) is 33.0. The van der Waals surface area contributed by atoms with E-state index in [1.807, 2.05) is 84.6 Å². The van der Waals surface area contributed by atoms with Gasteiger partial charge in [0.2, 0.25) is 0 Å². The summed E-state index contributed by atoms with van der Waals surface area (Å²) < 4.78 is 7.23. The first kappa shape index (κ1) is 31.8. The predicted octanol–water partition coefficient (Wildman–Crippen LogP) is 8.92. The number of hydrogen-bond donors (Lipinski definition) is 2. The summed E-state index contributed by atoms with van der Waals surface area (Å²) >= 11 is 1.44. The molecule has 0 unspecified atom stereocenters. The minimum atomic E-state index is -1.08. The summed E-state index contributed by atoms with van der Waals surface area (Å²) in [6.45, 7) is 3.81. The van der Waals surface area contributed by atoms with Crippen molar-refractivity contribution in [1.29, 1.82) is 0 Å². The highest BCUT2D eigenvalue weighted by Gasteiger charge is 2.25. The van der Waals surface area contributed by atoms with Crippen LogP contribution in [0.15, 0.2) is 72.8 Å². The molecule has 0 radical (unpaired) electrons. The Kier molecular flexibility index (Phi) is 9.38. The van der Waals surface area contributed by atoms with Gasteiger partial charge in [-0.05, 0) is 96.8 Å². The first-order chi connectivity index (χ1) is 23.4. The summed E-state index contributed by atoms with van der Waals surface area (Å²) in [5.74, 6) is 0.681. The average molecular weight is 661 g/mol. The molecule has 246 valence electrons. The topological polar surface area (TPSA) is 105 Å². The number of pyridine rings is 1. The Labute approximate surface area is 284 Å². The molecule has 3 heterocycles. The second-order valence-corrected chi connectivity index (χ2v) is 14.0. The molecule has 8 nitrogen and oxygen atoms in total. The number of ether oxygens (including phenoxy) is 1. The average Bonchev–Trinajstić information content (AvgIpc) is 3.49. The van der Waals surface area contributed by atoms with E-state index < -0.39 is 5.97 Å². The smallest absolute Gasteiger partial charge is 0.355 e. The Hall–Kier alpha value is -4.76. The van der Waals surface area contributed by atoms with Crippen LogP contribution < -0.4 is 15.0 Å². The van der Waals surface area contributed by atoms with Crippen molar-refractivity contribution in [2.24, 2.45) is 5.92 Å². The molecule has 2 N–H and O–H groups in total. The number of carbonyl (C=O) groups excluding carboxylic acids is 1. The molecule has 48 heavy (non-hydrogen) atoms. The normalized spacial score (nSPS) is 15.4. The van der Waals surface area contributed by atoms with Crippen LogP contribution >= 0.6 is 11.3 Å². The van der Waals surface area contributed by atoms with Gasteiger partial charge in [0, 0.05) is 24.2 Å². The van der Waals surface area contributed by atoms with Crippen LogP contribution in [-0.2, 0) is 13.0 Å². The molecule has 1 fully saturated rings. The van der Waals surface area contributed by atoms with Crippen LogP contribution in [-0.4, -0.2) is 40.1 Å². The summed E-state index contributed by atoms with van der Waals surface area (Å²) in [5, 5.41) is 13.8. The van der Waals surface area contributed by atoms with Gasteiger partial charge in [0.25, 0.3) is 5.91 Å². The molecule has 0 saturated heterocycles. The van der Waals surface area contributed by atoms with Gasteiger partial charge in [-0.2, -0.15) is 0 Å². The van der Waals surface area contributed by atoms with E-state index in [-0.39, 0.29) is 11.6 Å². The number of aromatic nitrogens is 2. The SMILES string of the molecule is Cc1cc(OCC2CCCCCCC2)ccc1-c1ccc(N2CCc3cccc(C(=O)Nc4nc5ccccc5s4)c3C2)nc1C(=O)O. The van der Waals surface area contributed by atoms with E-state index in [9.17, 15) is 14.7 Å². The monoisotopic (exact) mass is 660 g/mol. The molecule has 3 aromatic carbocycles. The quantitative estimate of drug-likeness (QED) is 0.171. The van der Waals surface area contributed by atoms with Gasteiger partial charge in [0.05, 0.1) is 16.8 Å². The molecule has 5 aromatic rings. The number of amides is 1. The van der Waals surface area contributed by atoms with Crippen molar-refractivity contribution < 1.29 is 19.4 Å². The summed E-state index contributed by atoms with van der Waals surface area (Å²) in [6.07, 6.45) is 9.69. The Bertz CT molecular complexity index is 1930. The van der Waals surface area contributed by atoms with E-state index in [4.69, 9.17) is 4.74 Å². The fraction of sp³-hybridized carbons (Fsp3) is 0.333. The summed E-state index contributed by atoms with van der Waals surface area (Å²) in [6, 6.07) is 23.2. The summed E-state index contributed by atoms with van der Waals surface area (Å²) in [5.41, 5.74) is 5.79. The van der Waals surface area contributed by atoms with Crippen LogP contribution in [0.4, 0.5) is 10.9 Å². The highest BCUT2D eigenvalue weighted by atomic mass is 32.1. The third-order valence-corrected chi connectivity index (χ3v) is 10.6. The minimum Gasteiger partial charge on any atom is -0.493 e. The van der Waals surface area contributed by atoms with Gasteiger partial charge in [0.15, 0.2) is 10.8 Å². The Morgan fingerprint density at radius 2 is 1.73 bits per heavy atom. The van der Waals surface area contributed by atoms with Gasteiger partial charge in [-0.3, -0.25) is 10.1 Å². The van der Waals surface area contributed by atoms with E-state index in [1.165, 1.54) is 56.3 Å². The van der Waals surface area contributed by atoms with Gasteiger partial charge in [0.1, 0.15) is 11.6 Å². The molecule has 0 spiro atoms. The highest BCUT2D eigenvalue weighted by Crippen LogP contribution is 2.34. The van der Waals surface area contributed by atoms with E-state index in [0.717, 1.165) is 44.8 Å². The van der Waals surface area contributed by atoms with Crippen LogP contribution in [0.1, 0.15) is 82.5 Å².